The Bertz CT molecular complexity index is 377. The summed E-state index contributed by atoms with van der Waals surface area (Å²) in [6.45, 7) is 4.06. The molecule has 1 aliphatic heterocycles. The van der Waals surface area contributed by atoms with Gasteiger partial charge in [0.1, 0.15) is 6.54 Å². The summed E-state index contributed by atoms with van der Waals surface area (Å²) in [5.74, 6) is 3.92. The highest BCUT2D eigenvalue weighted by molar-refractivity contribution is 14.0. The number of halogens is 1. The molecule has 1 aromatic rings. The fourth-order valence-corrected chi connectivity index (χ4v) is 2.35. The van der Waals surface area contributed by atoms with Gasteiger partial charge in [-0.15, -0.1) is 24.0 Å². The molecule has 0 bridgehead atoms. The maximum Gasteiger partial charge on any atom is 0.223 e. The fraction of sp³-hybridized carbons (Fsp3) is 0.667. The smallest absolute Gasteiger partial charge is 0.223 e. The van der Waals surface area contributed by atoms with Crippen LogP contribution in [0, 0.1) is 6.92 Å². The molecule has 17 heavy (non-hydrogen) atoms. The molecule has 2 heterocycles. The molecule has 8 heteroatoms. The van der Waals surface area contributed by atoms with Crippen LogP contribution in [0.1, 0.15) is 11.7 Å². The molecule has 0 aliphatic carbocycles. The monoisotopic (exact) mass is 369 g/mol. The zero-order chi connectivity index (χ0) is 11.4. The highest BCUT2D eigenvalue weighted by atomic mass is 127. The Hall–Kier alpha value is -0.510. The van der Waals surface area contributed by atoms with Crippen molar-refractivity contribution in [3.8, 4) is 0 Å². The summed E-state index contributed by atoms with van der Waals surface area (Å²) in [5, 5.41) is 3.76. The van der Waals surface area contributed by atoms with Crippen molar-refractivity contribution in [3.63, 3.8) is 0 Å². The standard InChI is InChI=1S/C9H15N5OS.HI/c1-7-12-8(13-15-7)6-11-9(10)14-2-4-16-5-3-14;/h2-6H2,1H3,(H2,10,11);1H. The van der Waals surface area contributed by atoms with Crippen LogP contribution >= 0.6 is 35.7 Å². The van der Waals surface area contributed by atoms with E-state index in [1.165, 1.54) is 0 Å². The van der Waals surface area contributed by atoms with Gasteiger partial charge in [-0.1, -0.05) is 5.16 Å². The van der Waals surface area contributed by atoms with Crippen LogP contribution in [-0.4, -0.2) is 45.6 Å². The second kappa shape index (κ2) is 7.04. The van der Waals surface area contributed by atoms with Crippen molar-refractivity contribution in [1.29, 1.82) is 0 Å². The van der Waals surface area contributed by atoms with Crippen molar-refractivity contribution < 1.29 is 4.52 Å². The van der Waals surface area contributed by atoms with E-state index < -0.39 is 0 Å². The van der Waals surface area contributed by atoms with Crippen molar-refractivity contribution in [2.45, 2.75) is 13.5 Å². The summed E-state index contributed by atoms with van der Waals surface area (Å²) < 4.78 is 4.85. The van der Waals surface area contributed by atoms with Gasteiger partial charge in [-0.2, -0.15) is 16.7 Å². The number of hydrogen-bond acceptors (Lipinski definition) is 5. The minimum absolute atomic E-state index is 0. The Kier molecular flexibility index (Phi) is 6.03. The van der Waals surface area contributed by atoms with Gasteiger partial charge in [0.05, 0.1) is 0 Å². The van der Waals surface area contributed by atoms with E-state index in [0.717, 1.165) is 24.6 Å². The van der Waals surface area contributed by atoms with Gasteiger partial charge in [0.25, 0.3) is 0 Å². The summed E-state index contributed by atoms with van der Waals surface area (Å²) in [5.41, 5.74) is 5.88. The molecule has 1 aliphatic rings. The van der Waals surface area contributed by atoms with Gasteiger partial charge in [0, 0.05) is 31.5 Å². The predicted molar refractivity (Wildman–Crippen MR) is 78.7 cm³/mol. The topological polar surface area (TPSA) is 80.5 Å². The van der Waals surface area contributed by atoms with Crippen LogP contribution in [0.5, 0.6) is 0 Å². The number of rotatable bonds is 2. The average Bonchev–Trinajstić information content (AvgIpc) is 2.73. The number of aromatic nitrogens is 2. The molecule has 1 aromatic heterocycles. The number of nitrogens with two attached hydrogens (primary N) is 1. The molecule has 0 saturated carbocycles. The molecule has 0 aromatic carbocycles. The van der Waals surface area contributed by atoms with Crippen LogP contribution in [0.3, 0.4) is 0 Å². The lowest BCUT2D eigenvalue weighted by atomic mass is 10.5. The molecule has 0 unspecified atom stereocenters. The summed E-state index contributed by atoms with van der Waals surface area (Å²) in [4.78, 5) is 10.4. The van der Waals surface area contributed by atoms with Gasteiger partial charge in [-0.3, -0.25) is 0 Å². The normalized spacial score (nSPS) is 16.8. The van der Waals surface area contributed by atoms with Gasteiger partial charge in [0.15, 0.2) is 11.8 Å². The van der Waals surface area contributed by atoms with Crippen molar-refractivity contribution in [3.05, 3.63) is 11.7 Å². The first-order valence-corrected chi connectivity index (χ1v) is 6.33. The first-order chi connectivity index (χ1) is 7.75. The Balaban J connectivity index is 0.00000144. The van der Waals surface area contributed by atoms with Crippen molar-refractivity contribution in [2.24, 2.45) is 10.7 Å². The Morgan fingerprint density at radius 3 is 2.82 bits per heavy atom. The second-order valence-corrected chi connectivity index (χ2v) is 4.73. The SMILES string of the molecule is Cc1nc(CN=C(N)N2CCSCC2)no1.I. The van der Waals surface area contributed by atoms with E-state index in [-0.39, 0.29) is 24.0 Å². The zero-order valence-electron chi connectivity index (χ0n) is 9.63. The lowest BCUT2D eigenvalue weighted by molar-refractivity contribution is 0.387. The van der Waals surface area contributed by atoms with E-state index >= 15 is 0 Å². The molecule has 96 valence electrons. The van der Waals surface area contributed by atoms with Crippen molar-refractivity contribution in [1.82, 2.24) is 15.0 Å². The zero-order valence-corrected chi connectivity index (χ0v) is 12.8. The lowest BCUT2D eigenvalue weighted by Crippen LogP contribution is -2.42. The lowest BCUT2D eigenvalue weighted by Gasteiger charge is -2.27. The first kappa shape index (κ1) is 14.6. The van der Waals surface area contributed by atoms with E-state index in [0.29, 0.717) is 24.2 Å². The average molecular weight is 369 g/mol. The molecule has 1 saturated heterocycles. The number of nitrogens with zero attached hydrogens (tertiary/aromatic N) is 4. The van der Waals surface area contributed by atoms with Gasteiger partial charge in [-0.05, 0) is 0 Å². The first-order valence-electron chi connectivity index (χ1n) is 5.17. The molecule has 0 spiro atoms. The third kappa shape index (κ3) is 4.34. The van der Waals surface area contributed by atoms with E-state index in [4.69, 9.17) is 10.3 Å². The molecule has 0 amide bonds. The summed E-state index contributed by atoms with van der Waals surface area (Å²) in [7, 11) is 0. The minimum Gasteiger partial charge on any atom is -0.370 e. The highest BCUT2D eigenvalue weighted by Crippen LogP contribution is 2.08. The van der Waals surface area contributed by atoms with E-state index in [1.807, 2.05) is 11.8 Å². The third-order valence-corrected chi connectivity index (χ3v) is 3.23. The Labute approximate surface area is 121 Å². The summed E-state index contributed by atoms with van der Waals surface area (Å²) in [6, 6.07) is 0. The van der Waals surface area contributed by atoms with Crippen molar-refractivity contribution >= 4 is 41.7 Å². The number of aliphatic imine (C=N–C) groups is 1. The molecule has 0 atom stereocenters. The van der Waals surface area contributed by atoms with Crippen LogP contribution in [0.25, 0.3) is 0 Å². The van der Waals surface area contributed by atoms with Crippen LogP contribution in [0.4, 0.5) is 0 Å². The fourth-order valence-electron chi connectivity index (χ4n) is 1.45. The maximum atomic E-state index is 5.88. The van der Waals surface area contributed by atoms with E-state index in [2.05, 4.69) is 20.0 Å². The highest BCUT2D eigenvalue weighted by Gasteiger charge is 2.12. The largest absolute Gasteiger partial charge is 0.370 e. The Morgan fingerprint density at radius 2 is 2.24 bits per heavy atom. The summed E-state index contributed by atoms with van der Waals surface area (Å²) >= 11 is 1.94. The molecular weight excluding hydrogens is 353 g/mol. The number of guanidine groups is 1. The third-order valence-electron chi connectivity index (χ3n) is 2.29. The molecule has 2 rings (SSSR count). The quantitative estimate of drug-likeness (QED) is 0.473. The molecular formula is C9H16IN5OS. The maximum absolute atomic E-state index is 5.88. The van der Waals surface area contributed by atoms with E-state index in [1.54, 1.807) is 6.92 Å². The Morgan fingerprint density at radius 1 is 1.53 bits per heavy atom. The van der Waals surface area contributed by atoms with Crippen LogP contribution in [-0.2, 0) is 6.54 Å². The van der Waals surface area contributed by atoms with Gasteiger partial charge < -0.3 is 15.2 Å². The molecule has 1 fully saturated rings. The number of aryl methyl sites for hydroxylation is 1. The van der Waals surface area contributed by atoms with Crippen LogP contribution in [0.2, 0.25) is 0 Å². The predicted octanol–water partition coefficient (Wildman–Crippen LogP) is 0.860. The number of hydrogen-bond donors (Lipinski definition) is 1. The van der Waals surface area contributed by atoms with Crippen LogP contribution in [0.15, 0.2) is 9.52 Å². The second-order valence-electron chi connectivity index (χ2n) is 3.50. The summed E-state index contributed by atoms with van der Waals surface area (Å²) in [6.07, 6.45) is 0. The minimum atomic E-state index is 0. The molecule has 0 radical (unpaired) electrons. The van der Waals surface area contributed by atoms with Crippen molar-refractivity contribution in [2.75, 3.05) is 24.6 Å². The van der Waals surface area contributed by atoms with Gasteiger partial charge in [-0.25, -0.2) is 4.99 Å². The number of thioether (sulfide) groups is 1. The van der Waals surface area contributed by atoms with Crippen LogP contribution < -0.4 is 5.73 Å². The molecule has 6 nitrogen and oxygen atoms in total. The molecule has 2 N–H and O–H groups in total. The van der Waals surface area contributed by atoms with E-state index in [9.17, 15) is 0 Å². The van der Waals surface area contributed by atoms with Gasteiger partial charge in [0.2, 0.25) is 5.89 Å². The van der Waals surface area contributed by atoms with Gasteiger partial charge >= 0.3 is 0 Å².